The number of thiophene rings is 1. The van der Waals surface area contributed by atoms with Gasteiger partial charge in [0.05, 0.1) is 36.2 Å². The smallest absolute Gasteiger partial charge is 0.410 e. The number of methoxy groups -OCH3 is 1. The Bertz CT molecular complexity index is 2000. The van der Waals surface area contributed by atoms with Crippen molar-refractivity contribution in [1.29, 1.82) is 0 Å². The minimum absolute atomic E-state index is 0.0301. The summed E-state index contributed by atoms with van der Waals surface area (Å²) in [5, 5.41) is 0.258. The Morgan fingerprint density at radius 3 is 2.24 bits per heavy atom. The first-order chi connectivity index (χ1) is 23.8. The summed E-state index contributed by atoms with van der Waals surface area (Å²) < 4.78 is 31.9. The van der Waals surface area contributed by atoms with Crippen LogP contribution >= 0.6 is 11.3 Å². The van der Waals surface area contributed by atoms with E-state index in [1.54, 1.807) is 39.7 Å². The second-order valence-electron chi connectivity index (χ2n) is 15.2. The van der Waals surface area contributed by atoms with Crippen molar-refractivity contribution in [3.63, 3.8) is 0 Å². The van der Waals surface area contributed by atoms with Gasteiger partial charge in [-0.1, -0.05) is 18.2 Å². The van der Waals surface area contributed by atoms with E-state index in [-0.39, 0.29) is 24.1 Å². The summed E-state index contributed by atoms with van der Waals surface area (Å²) in [6.45, 7) is 16.3. The molecule has 0 spiro atoms. The van der Waals surface area contributed by atoms with Crippen LogP contribution in [0.15, 0.2) is 50.7 Å². The molecule has 1 unspecified atom stereocenters. The van der Waals surface area contributed by atoms with Gasteiger partial charge in [0.2, 0.25) is 5.89 Å². The number of hydrogen-bond acceptors (Lipinski definition) is 11. The molecule has 51 heavy (non-hydrogen) atoms. The maximum Gasteiger partial charge on any atom is 0.410 e. The highest BCUT2D eigenvalue weighted by Gasteiger charge is 2.39. The van der Waals surface area contributed by atoms with Crippen LogP contribution in [0.1, 0.15) is 85.5 Å². The van der Waals surface area contributed by atoms with E-state index in [0.29, 0.717) is 58.4 Å². The molecule has 1 aromatic carbocycles. The third-order valence-electron chi connectivity index (χ3n) is 8.58. The summed E-state index contributed by atoms with van der Waals surface area (Å²) in [7, 11) is 1.56. The van der Waals surface area contributed by atoms with E-state index >= 15 is 0 Å². The Kier molecular flexibility index (Phi) is 10.6. The van der Waals surface area contributed by atoms with E-state index in [9.17, 15) is 19.2 Å². The molecule has 0 bridgehead atoms. The molecule has 1 aliphatic heterocycles. The van der Waals surface area contributed by atoms with Crippen molar-refractivity contribution < 1.29 is 33.0 Å². The van der Waals surface area contributed by atoms with Crippen molar-refractivity contribution in [3.05, 3.63) is 68.7 Å². The number of ether oxygens (including phenoxy) is 4. The molecular formula is C37H48N4O9S. The van der Waals surface area contributed by atoms with Crippen LogP contribution in [0.5, 0.6) is 5.75 Å². The number of nitrogens with zero attached hydrogens (tertiary/aromatic N) is 4. The Morgan fingerprint density at radius 2 is 1.65 bits per heavy atom. The lowest BCUT2D eigenvalue weighted by atomic mass is 10.0. The zero-order chi connectivity index (χ0) is 37.5. The molecule has 276 valence electrons. The molecule has 4 heterocycles. The third kappa shape index (κ3) is 8.06. The minimum atomic E-state index is -1.68. The standard InChI is InChI=1S/C37H48N4O9S/c1-22-27-30(42)41(37(8,9)32(43)49-35(2,3)4)33(44)40(31(27)51-28(22)29-38-17-20-47-29)21-26(24-13-11-12-14-25(24)46-10)48-23-15-18-39(19-16-23)34(45)50-36(5,6)7/h11-14,17,20,23,26H,15-16,18-19,21H2,1-10H3. The first-order valence-electron chi connectivity index (χ1n) is 17.0. The first-order valence-corrected chi connectivity index (χ1v) is 17.8. The molecule has 0 N–H and O–H groups in total. The zero-order valence-electron chi connectivity index (χ0n) is 31.0. The lowest BCUT2D eigenvalue weighted by Crippen LogP contribution is -2.54. The molecule has 5 rings (SSSR count). The van der Waals surface area contributed by atoms with Crippen LogP contribution in [-0.4, -0.2) is 68.6 Å². The molecule has 13 nitrogen and oxygen atoms in total. The van der Waals surface area contributed by atoms with Gasteiger partial charge in [-0.2, -0.15) is 0 Å². The van der Waals surface area contributed by atoms with Crippen molar-refractivity contribution in [2.24, 2.45) is 0 Å². The number of likely N-dealkylation sites (tertiary alicyclic amines) is 1. The van der Waals surface area contributed by atoms with E-state index in [1.165, 1.54) is 42.2 Å². The molecule has 0 aliphatic carbocycles. The van der Waals surface area contributed by atoms with Crippen molar-refractivity contribution in [2.75, 3.05) is 20.2 Å². The Morgan fingerprint density at radius 1 is 1.00 bits per heavy atom. The lowest BCUT2D eigenvalue weighted by Gasteiger charge is -2.35. The van der Waals surface area contributed by atoms with Gasteiger partial charge in [0, 0.05) is 18.7 Å². The number of hydrogen-bond donors (Lipinski definition) is 0. The number of benzene rings is 1. The summed E-state index contributed by atoms with van der Waals surface area (Å²) in [4.78, 5) is 62.4. The highest BCUT2D eigenvalue weighted by molar-refractivity contribution is 7.22. The fourth-order valence-corrected chi connectivity index (χ4v) is 7.32. The number of amides is 1. The maximum absolute atomic E-state index is 14.7. The molecule has 1 aliphatic rings. The highest BCUT2D eigenvalue weighted by atomic mass is 32.1. The Balaban J connectivity index is 1.63. The number of aromatic nitrogens is 3. The Hall–Kier alpha value is -4.43. The molecule has 1 saturated heterocycles. The molecule has 4 aromatic rings. The van der Waals surface area contributed by atoms with E-state index < -0.39 is 40.1 Å². The summed E-state index contributed by atoms with van der Waals surface area (Å²) >= 11 is 1.21. The molecule has 14 heteroatoms. The second kappa shape index (κ2) is 14.3. The SMILES string of the molecule is COc1ccccc1C(Cn1c(=O)n(C(C)(C)C(=O)OC(C)(C)C)c(=O)c2c(C)c(-c3ncco3)sc21)OC1CCN(C(=O)OC(C)(C)C)CC1. The van der Waals surface area contributed by atoms with Crippen LogP contribution in [0.2, 0.25) is 0 Å². The summed E-state index contributed by atoms with van der Waals surface area (Å²) in [6, 6.07) is 7.40. The number of carbonyl (C=O) groups is 2. The predicted molar refractivity (Wildman–Crippen MR) is 193 cm³/mol. The van der Waals surface area contributed by atoms with Crippen LogP contribution < -0.4 is 16.0 Å². The van der Waals surface area contributed by atoms with Crippen LogP contribution in [-0.2, 0) is 31.1 Å². The van der Waals surface area contributed by atoms with E-state index in [4.69, 9.17) is 23.4 Å². The van der Waals surface area contributed by atoms with Gasteiger partial charge in [-0.15, -0.1) is 11.3 Å². The molecular weight excluding hydrogens is 676 g/mol. The predicted octanol–water partition coefficient (Wildman–Crippen LogP) is 6.43. The van der Waals surface area contributed by atoms with Gasteiger partial charge in [0.15, 0.2) is 0 Å². The molecule has 1 amide bonds. The van der Waals surface area contributed by atoms with Crippen LogP contribution in [0.25, 0.3) is 21.0 Å². The maximum atomic E-state index is 14.7. The molecule has 0 saturated carbocycles. The first kappa shape index (κ1) is 37.8. The number of fused-ring (bicyclic) bond motifs is 1. The summed E-state index contributed by atoms with van der Waals surface area (Å²) in [5.41, 5.74) is -3.22. The van der Waals surface area contributed by atoms with Crippen molar-refractivity contribution in [1.82, 2.24) is 19.0 Å². The average Bonchev–Trinajstić information content (AvgIpc) is 3.69. The normalized spacial score (nSPS) is 15.2. The summed E-state index contributed by atoms with van der Waals surface area (Å²) in [6.07, 6.45) is 2.64. The van der Waals surface area contributed by atoms with E-state index in [1.807, 2.05) is 45.0 Å². The van der Waals surface area contributed by atoms with Crippen molar-refractivity contribution in [2.45, 2.75) is 111 Å². The third-order valence-corrected chi connectivity index (χ3v) is 9.88. The topological polar surface area (TPSA) is 144 Å². The molecule has 1 fully saturated rings. The van der Waals surface area contributed by atoms with Crippen molar-refractivity contribution in [3.8, 4) is 16.5 Å². The fraction of sp³-hybridized carbons (Fsp3) is 0.541. The summed E-state index contributed by atoms with van der Waals surface area (Å²) in [5.74, 6) is 0.137. The van der Waals surface area contributed by atoms with Crippen molar-refractivity contribution >= 4 is 33.6 Å². The zero-order valence-corrected chi connectivity index (χ0v) is 31.8. The number of para-hydroxylation sites is 1. The number of carbonyl (C=O) groups excluding carboxylic acids is 2. The van der Waals surface area contributed by atoms with Gasteiger partial charge >= 0.3 is 17.8 Å². The van der Waals surface area contributed by atoms with Gasteiger partial charge in [-0.3, -0.25) is 9.36 Å². The van der Waals surface area contributed by atoms with Gasteiger partial charge in [0.1, 0.15) is 39.7 Å². The van der Waals surface area contributed by atoms with Gasteiger partial charge in [0.25, 0.3) is 5.56 Å². The van der Waals surface area contributed by atoms with Crippen LogP contribution in [0.3, 0.4) is 0 Å². The monoisotopic (exact) mass is 724 g/mol. The number of aryl methyl sites for hydroxylation is 1. The average molecular weight is 725 g/mol. The lowest BCUT2D eigenvalue weighted by molar-refractivity contribution is -0.164. The van der Waals surface area contributed by atoms with Gasteiger partial charge in [-0.25, -0.2) is 23.9 Å². The number of oxazole rings is 1. The molecule has 3 aromatic heterocycles. The number of esters is 1. The van der Waals surface area contributed by atoms with E-state index in [0.717, 1.165) is 4.57 Å². The quantitative estimate of drug-likeness (QED) is 0.177. The van der Waals surface area contributed by atoms with Gasteiger partial charge in [-0.05, 0) is 86.8 Å². The fourth-order valence-electron chi connectivity index (χ4n) is 6.08. The minimum Gasteiger partial charge on any atom is -0.496 e. The number of piperidine rings is 1. The largest absolute Gasteiger partial charge is 0.496 e. The second-order valence-corrected chi connectivity index (χ2v) is 16.2. The number of rotatable bonds is 9. The molecule has 1 atom stereocenters. The van der Waals surface area contributed by atoms with Crippen LogP contribution in [0.4, 0.5) is 4.79 Å². The molecule has 0 radical (unpaired) electrons. The van der Waals surface area contributed by atoms with Crippen LogP contribution in [0, 0.1) is 6.92 Å². The van der Waals surface area contributed by atoms with E-state index in [2.05, 4.69) is 4.98 Å². The Labute approximate surface area is 301 Å². The van der Waals surface area contributed by atoms with Gasteiger partial charge < -0.3 is 28.3 Å². The highest BCUT2D eigenvalue weighted by Crippen LogP contribution is 2.38.